The topological polar surface area (TPSA) is 55.5 Å². The first-order chi connectivity index (χ1) is 7.60. The summed E-state index contributed by atoms with van der Waals surface area (Å²) in [5, 5.41) is 9.58. The van der Waals surface area contributed by atoms with Gasteiger partial charge in [-0.15, -0.1) is 0 Å². The molecule has 2 atom stereocenters. The maximum Gasteiger partial charge on any atom is 0.161 e. The van der Waals surface area contributed by atoms with Crippen LogP contribution in [-0.4, -0.2) is 11.7 Å². The number of rotatable bonds is 5. The van der Waals surface area contributed by atoms with Gasteiger partial charge in [-0.2, -0.15) is 0 Å². The van der Waals surface area contributed by atoms with Gasteiger partial charge >= 0.3 is 0 Å². The molecular weight excluding hydrogens is 202 g/mol. The minimum Gasteiger partial charge on any atom is -0.504 e. The lowest BCUT2D eigenvalue weighted by atomic mass is 9.93. The summed E-state index contributed by atoms with van der Waals surface area (Å²) < 4.78 is 5.34. The highest BCUT2D eigenvalue weighted by Crippen LogP contribution is 2.31. The Morgan fingerprint density at radius 3 is 2.62 bits per heavy atom. The molecule has 3 heteroatoms. The highest BCUT2D eigenvalue weighted by Gasteiger charge is 2.15. The summed E-state index contributed by atoms with van der Waals surface area (Å²) in [5.74, 6) is 1.10. The van der Waals surface area contributed by atoms with Crippen LogP contribution in [0, 0.1) is 5.92 Å². The van der Waals surface area contributed by atoms with Crippen molar-refractivity contribution in [2.75, 3.05) is 6.61 Å². The van der Waals surface area contributed by atoms with Crippen molar-refractivity contribution in [3.05, 3.63) is 23.8 Å². The second-order valence-electron chi connectivity index (χ2n) is 4.07. The van der Waals surface area contributed by atoms with Crippen molar-refractivity contribution in [2.45, 2.75) is 33.2 Å². The molecule has 0 aromatic heterocycles. The summed E-state index contributed by atoms with van der Waals surface area (Å²) in [4.78, 5) is 0. The molecule has 0 saturated heterocycles. The lowest BCUT2D eigenvalue weighted by Crippen LogP contribution is -2.18. The van der Waals surface area contributed by atoms with E-state index in [0.29, 0.717) is 18.3 Å². The zero-order valence-corrected chi connectivity index (χ0v) is 10.2. The van der Waals surface area contributed by atoms with E-state index in [1.54, 1.807) is 6.07 Å². The van der Waals surface area contributed by atoms with E-state index in [4.69, 9.17) is 10.5 Å². The van der Waals surface area contributed by atoms with Crippen molar-refractivity contribution in [3.63, 3.8) is 0 Å². The van der Waals surface area contributed by atoms with Crippen LogP contribution in [0.5, 0.6) is 11.5 Å². The van der Waals surface area contributed by atoms with Crippen LogP contribution in [0.4, 0.5) is 0 Å². The maximum atomic E-state index is 9.58. The average molecular weight is 223 g/mol. The normalized spacial score (nSPS) is 14.5. The molecule has 1 aromatic rings. The number of aromatic hydroxyl groups is 1. The molecule has 3 nitrogen and oxygen atoms in total. The van der Waals surface area contributed by atoms with Crippen LogP contribution < -0.4 is 10.5 Å². The standard InChI is InChI=1S/C13H21NO2/c1-4-9(3)13(14)10-6-7-11(15)12(8-10)16-5-2/h6-9,13,15H,4-5,14H2,1-3H3/t9?,13-/m0/s1. The van der Waals surface area contributed by atoms with Crippen LogP contribution >= 0.6 is 0 Å². The molecule has 0 fully saturated rings. The first-order valence-corrected chi connectivity index (χ1v) is 5.81. The molecule has 0 spiro atoms. The Balaban J connectivity index is 2.93. The molecule has 1 aromatic carbocycles. The van der Waals surface area contributed by atoms with Gasteiger partial charge in [-0.25, -0.2) is 0 Å². The monoisotopic (exact) mass is 223 g/mol. The Morgan fingerprint density at radius 2 is 2.06 bits per heavy atom. The fourth-order valence-corrected chi connectivity index (χ4v) is 1.59. The third kappa shape index (κ3) is 2.89. The summed E-state index contributed by atoms with van der Waals surface area (Å²) in [7, 11) is 0. The van der Waals surface area contributed by atoms with Crippen molar-refractivity contribution in [3.8, 4) is 11.5 Å². The van der Waals surface area contributed by atoms with Crippen LogP contribution in [0.3, 0.4) is 0 Å². The lowest BCUT2D eigenvalue weighted by Gasteiger charge is -2.19. The van der Waals surface area contributed by atoms with Crippen LogP contribution in [0.15, 0.2) is 18.2 Å². The number of nitrogens with two attached hydrogens (primary N) is 1. The van der Waals surface area contributed by atoms with Crippen molar-refractivity contribution in [1.29, 1.82) is 0 Å². The van der Waals surface area contributed by atoms with Gasteiger partial charge in [-0.1, -0.05) is 26.3 Å². The summed E-state index contributed by atoms with van der Waals surface area (Å²) in [5.41, 5.74) is 7.14. The molecule has 0 amide bonds. The van der Waals surface area contributed by atoms with Gasteiger partial charge < -0.3 is 15.6 Å². The van der Waals surface area contributed by atoms with Crippen LogP contribution in [-0.2, 0) is 0 Å². The van der Waals surface area contributed by atoms with Gasteiger partial charge in [0, 0.05) is 6.04 Å². The fraction of sp³-hybridized carbons (Fsp3) is 0.538. The van der Waals surface area contributed by atoms with Crippen LogP contribution in [0.2, 0.25) is 0 Å². The molecule has 1 rings (SSSR count). The van der Waals surface area contributed by atoms with Crippen molar-refractivity contribution in [2.24, 2.45) is 11.7 Å². The molecule has 0 aliphatic carbocycles. The van der Waals surface area contributed by atoms with E-state index in [-0.39, 0.29) is 11.8 Å². The van der Waals surface area contributed by atoms with Gasteiger partial charge in [-0.05, 0) is 30.5 Å². The minimum atomic E-state index is -0.00944. The molecule has 1 unspecified atom stereocenters. The van der Waals surface area contributed by atoms with E-state index in [1.807, 2.05) is 19.1 Å². The largest absolute Gasteiger partial charge is 0.504 e. The van der Waals surface area contributed by atoms with Gasteiger partial charge in [0.25, 0.3) is 0 Å². The van der Waals surface area contributed by atoms with Gasteiger partial charge in [0.15, 0.2) is 11.5 Å². The smallest absolute Gasteiger partial charge is 0.161 e. The van der Waals surface area contributed by atoms with Crippen molar-refractivity contribution < 1.29 is 9.84 Å². The Kier molecular flexibility index (Phi) is 4.62. The number of hydrogen-bond donors (Lipinski definition) is 2. The third-order valence-electron chi connectivity index (χ3n) is 2.93. The second-order valence-corrected chi connectivity index (χ2v) is 4.07. The van der Waals surface area contributed by atoms with E-state index < -0.39 is 0 Å². The molecule has 0 radical (unpaired) electrons. The fourth-order valence-electron chi connectivity index (χ4n) is 1.59. The molecular formula is C13H21NO2. The highest BCUT2D eigenvalue weighted by atomic mass is 16.5. The van der Waals surface area contributed by atoms with E-state index in [1.165, 1.54) is 0 Å². The number of ether oxygens (including phenoxy) is 1. The number of benzene rings is 1. The summed E-state index contributed by atoms with van der Waals surface area (Å²) >= 11 is 0. The molecule has 16 heavy (non-hydrogen) atoms. The van der Waals surface area contributed by atoms with E-state index >= 15 is 0 Å². The zero-order valence-electron chi connectivity index (χ0n) is 10.2. The zero-order chi connectivity index (χ0) is 12.1. The minimum absolute atomic E-state index is 0.00944. The molecule has 0 aliphatic heterocycles. The maximum absolute atomic E-state index is 9.58. The van der Waals surface area contributed by atoms with E-state index in [0.717, 1.165) is 12.0 Å². The van der Waals surface area contributed by atoms with Gasteiger partial charge in [-0.3, -0.25) is 0 Å². The van der Waals surface area contributed by atoms with Gasteiger partial charge in [0.1, 0.15) is 0 Å². The highest BCUT2D eigenvalue weighted by molar-refractivity contribution is 5.42. The van der Waals surface area contributed by atoms with Crippen LogP contribution in [0.1, 0.15) is 38.8 Å². The number of phenols is 1. The lowest BCUT2D eigenvalue weighted by molar-refractivity contribution is 0.317. The Labute approximate surface area is 97.2 Å². The Morgan fingerprint density at radius 1 is 1.38 bits per heavy atom. The summed E-state index contributed by atoms with van der Waals surface area (Å²) in [6.45, 7) is 6.67. The SMILES string of the molecule is CCOc1cc([C@@H](N)C(C)CC)ccc1O. The number of phenolic OH excluding ortho intramolecular Hbond substituents is 1. The molecule has 90 valence electrons. The quantitative estimate of drug-likeness (QED) is 0.807. The average Bonchev–Trinajstić information content (AvgIpc) is 2.30. The first-order valence-electron chi connectivity index (χ1n) is 5.81. The third-order valence-corrected chi connectivity index (χ3v) is 2.93. The van der Waals surface area contributed by atoms with Crippen molar-refractivity contribution in [1.82, 2.24) is 0 Å². The second kappa shape index (κ2) is 5.75. The molecule has 0 heterocycles. The molecule has 0 saturated carbocycles. The predicted octanol–water partition coefficient (Wildman–Crippen LogP) is 2.84. The predicted molar refractivity (Wildman–Crippen MR) is 65.7 cm³/mol. The van der Waals surface area contributed by atoms with Gasteiger partial charge in [0.05, 0.1) is 6.61 Å². The summed E-state index contributed by atoms with van der Waals surface area (Å²) in [6.07, 6.45) is 1.03. The van der Waals surface area contributed by atoms with Gasteiger partial charge in [0.2, 0.25) is 0 Å². The Bertz CT molecular complexity index is 339. The summed E-state index contributed by atoms with van der Waals surface area (Å²) in [6, 6.07) is 5.32. The number of hydrogen-bond acceptors (Lipinski definition) is 3. The molecule has 3 N–H and O–H groups in total. The molecule has 0 bridgehead atoms. The Hall–Kier alpha value is -1.22. The van der Waals surface area contributed by atoms with E-state index in [9.17, 15) is 5.11 Å². The van der Waals surface area contributed by atoms with E-state index in [2.05, 4.69) is 13.8 Å². The van der Waals surface area contributed by atoms with Crippen molar-refractivity contribution >= 4 is 0 Å². The van der Waals surface area contributed by atoms with Crippen LogP contribution in [0.25, 0.3) is 0 Å². The molecule has 0 aliphatic rings. The first kappa shape index (κ1) is 12.8.